The van der Waals surface area contributed by atoms with Gasteiger partial charge in [-0.25, -0.2) is 8.78 Å². The van der Waals surface area contributed by atoms with Crippen molar-refractivity contribution >= 4 is 34.4 Å². The van der Waals surface area contributed by atoms with Crippen molar-refractivity contribution in [1.82, 2.24) is 0 Å². The van der Waals surface area contributed by atoms with Gasteiger partial charge in [0.2, 0.25) is 5.78 Å². The zero-order valence-electron chi connectivity index (χ0n) is 8.34. The second kappa shape index (κ2) is 4.43. The Hall–Kier alpha value is -1.46. The van der Waals surface area contributed by atoms with E-state index in [-0.39, 0.29) is 11.3 Å². The summed E-state index contributed by atoms with van der Waals surface area (Å²) in [6, 6.07) is 4.64. The van der Waals surface area contributed by atoms with Gasteiger partial charge in [-0.3, -0.25) is 4.79 Å². The zero-order chi connectivity index (χ0) is 12.6. The smallest absolute Gasteiger partial charge is 0.205 e. The second-order valence-electron chi connectivity index (χ2n) is 3.29. The summed E-state index contributed by atoms with van der Waals surface area (Å²) in [5.74, 6) is -2.66. The highest BCUT2D eigenvalue weighted by atomic mass is 35.5. The number of rotatable bonds is 2. The molecule has 0 spiro atoms. The van der Waals surface area contributed by atoms with Crippen LogP contribution in [0.15, 0.2) is 24.3 Å². The lowest BCUT2D eigenvalue weighted by atomic mass is 10.1. The number of thiophene rings is 1. The van der Waals surface area contributed by atoms with E-state index in [0.29, 0.717) is 9.21 Å². The minimum Gasteiger partial charge on any atom is -0.398 e. The van der Waals surface area contributed by atoms with E-state index in [0.717, 1.165) is 23.5 Å². The number of benzene rings is 1. The second-order valence-corrected chi connectivity index (χ2v) is 5.00. The Balaban J connectivity index is 2.47. The molecular weight excluding hydrogens is 268 g/mol. The van der Waals surface area contributed by atoms with Gasteiger partial charge < -0.3 is 5.73 Å². The van der Waals surface area contributed by atoms with Crippen LogP contribution in [0.1, 0.15) is 15.2 Å². The number of nitrogens with two attached hydrogens (primary N) is 1. The topological polar surface area (TPSA) is 43.1 Å². The van der Waals surface area contributed by atoms with Crippen LogP contribution in [0, 0.1) is 11.6 Å². The van der Waals surface area contributed by atoms with Crippen molar-refractivity contribution in [1.29, 1.82) is 0 Å². The molecule has 1 aromatic carbocycles. The molecule has 6 heteroatoms. The maximum Gasteiger partial charge on any atom is 0.205 e. The quantitative estimate of drug-likeness (QED) is 0.672. The summed E-state index contributed by atoms with van der Waals surface area (Å²) in [6.07, 6.45) is 0. The molecule has 2 nitrogen and oxygen atoms in total. The molecule has 0 bridgehead atoms. The number of halogens is 3. The Kier molecular flexibility index (Phi) is 3.13. The average Bonchev–Trinajstić information content (AvgIpc) is 2.69. The van der Waals surface area contributed by atoms with E-state index < -0.39 is 17.4 Å². The highest BCUT2D eigenvalue weighted by Crippen LogP contribution is 2.26. The third kappa shape index (κ3) is 2.30. The van der Waals surface area contributed by atoms with E-state index in [1.807, 2.05) is 0 Å². The van der Waals surface area contributed by atoms with Crippen molar-refractivity contribution in [2.24, 2.45) is 0 Å². The molecule has 1 aromatic heterocycles. The Labute approximate surface area is 105 Å². The van der Waals surface area contributed by atoms with Gasteiger partial charge in [0, 0.05) is 17.3 Å². The molecule has 0 amide bonds. The van der Waals surface area contributed by atoms with Crippen LogP contribution in [0.4, 0.5) is 14.5 Å². The largest absolute Gasteiger partial charge is 0.398 e. The third-order valence-electron chi connectivity index (χ3n) is 2.13. The summed E-state index contributed by atoms with van der Waals surface area (Å²) >= 11 is 6.74. The van der Waals surface area contributed by atoms with E-state index in [2.05, 4.69) is 0 Å². The van der Waals surface area contributed by atoms with Gasteiger partial charge in [0.05, 0.1) is 9.21 Å². The maximum atomic E-state index is 13.0. The molecule has 0 unspecified atom stereocenters. The molecule has 1 heterocycles. The molecule has 0 saturated heterocycles. The van der Waals surface area contributed by atoms with Crippen LogP contribution in [0.25, 0.3) is 0 Å². The average molecular weight is 274 g/mol. The molecule has 2 aromatic rings. The van der Waals surface area contributed by atoms with Crippen LogP contribution in [0.3, 0.4) is 0 Å². The van der Waals surface area contributed by atoms with Crippen molar-refractivity contribution in [3.63, 3.8) is 0 Å². The van der Waals surface area contributed by atoms with Gasteiger partial charge in [0.15, 0.2) is 11.6 Å². The number of hydrogen-bond donors (Lipinski definition) is 1. The standard InChI is InChI=1S/C11H6ClF2NOS/c12-10-2-1-9(17-10)11(16)5-3-6(13)7(14)4-8(5)15/h1-4H,15H2. The van der Waals surface area contributed by atoms with Gasteiger partial charge in [-0.1, -0.05) is 11.6 Å². The Morgan fingerprint density at radius 3 is 2.47 bits per heavy atom. The van der Waals surface area contributed by atoms with Crippen LogP contribution in [-0.2, 0) is 0 Å². The van der Waals surface area contributed by atoms with E-state index in [9.17, 15) is 13.6 Å². The number of carbonyl (C=O) groups is 1. The Morgan fingerprint density at radius 2 is 1.88 bits per heavy atom. The minimum absolute atomic E-state index is 0.0672. The number of anilines is 1. The van der Waals surface area contributed by atoms with Crippen molar-refractivity contribution in [2.75, 3.05) is 5.73 Å². The van der Waals surface area contributed by atoms with E-state index in [1.165, 1.54) is 6.07 Å². The van der Waals surface area contributed by atoms with Crippen molar-refractivity contribution in [3.8, 4) is 0 Å². The summed E-state index contributed by atoms with van der Waals surface area (Å²) in [5, 5.41) is 0. The summed E-state index contributed by atoms with van der Waals surface area (Å²) in [6.45, 7) is 0. The highest BCUT2D eigenvalue weighted by Gasteiger charge is 2.17. The van der Waals surface area contributed by atoms with Crippen molar-refractivity contribution in [3.05, 3.63) is 50.7 Å². The van der Waals surface area contributed by atoms with Crippen LogP contribution in [-0.4, -0.2) is 5.78 Å². The number of nitrogen functional groups attached to an aromatic ring is 1. The fraction of sp³-hybridized carbons (Fsp3) is 0. The van der Waals surface area contributed by atoms with Gasteiger partial charge in [-0.15, -0.1) is 11.3 Å². The van der Waals surface area contributed by atoms with Gasteiger partial charge in [-0.2, -0.15) is 0 Å². The lowest BCUT2D eigenvalue weighted by molar-refractivity contribution is 0.104. The fourth-order valence-electron chi connectivity index (χ4n) is 1.33. The first-order valence-corrected chi connectivity index (χ1v) is 5.73. The van der Waals surface area contributed by atoms with Gasteiger partial charge in [0.1, 0.15) is 0 Å². The molecule has 0 radical (unpaired) electrons. The van der Waals surface area contributed by atoms with E-state index in [1.54, 1.807) is 6.07 Å². The van der Waals surface area contributed by atoms with Gasteiger partial charge in [-0.05, 0) is 18.2 Å². The first-order chi connectivity index (χ1) is 7.99. The molecule has 17 heavy (non-hydrogen) atoms. The monoisotopic (exact) mass is 273 g/mol. The summed E-state index contributed by atoms with van der Waals surface area (Å²) in [5.41, 5.74) is 5.31. The molecule has 0 atom stereocenters. The number of hydrogen-bond acceptors (Lipinski definition) is 3. The molecule has 88 valence electrons. The first kappa shape index (κ1) is 12.0. The third-order valence-corrected chi connectivity index (χ3v) is 3.36. The molecule has 0 fully saturated rings. The van der Waals surface area contributed by atoms with Crippen LogP contribution in [0.5, 0.6) is 0 Å². The van der Waals surface area contributed by atoms with E-state index in [4.69, 9.17) is 17.3 Å². The van der Waals surface area contributed by atoms with Crippen LogP contribution >= 0.6 is 22.9 Å². The summed E-state index contributed by atoms with van der Waals surface area (Å²) < 4.78 is 26.3. The van der Waals surface area contributed by atoms with Crippen molar-refractivity contribution < 1.29 is 13.6 Å². The predicted octanol–water partition coefficient (Wildman–Crippen LogP) is 3.49. The lowest BCUT2D eigenvalue weighted by Crippen LogP contribution is -2.05. The SMILES string of the molecule is Nc1cc(F)c(F)cc1C(=O)c1ccc(Cl)s1. The molecule has 0 aliphatic carbocycles. The Bertz CT molecular complexity index is 597. The normalized spacial score (nSPS) is 10.5. The molecular formula is C11H6ClF2NOS. The minimum atomic E-state index is -1.11. The molecule has 0 aliphatic heterocycles. The van der Waals surface area contributed by atoms with E-state index >= 15 is 0 Å². The maximum absolute atomic E-state index is 13.0. The zero-order valence-corrected chi connectivity index (χ0v) is 9.91. The molecule has 2 rings (SSSR count). The van der Waals surface area contributed by atoms with Crippen LogP contribution in [0.2, 0.25) is 4.34 Å². The Morgan fingerprint density at radius 1 is 1.24 bits per heavy atom. The fourth-order valence-corrected chi connectivity index (χ4v) is 2.33. The highest BCUT2D eigenvalue weighted by molar-refractivity contribution is 7.18. The van der Waals surface area contributed by atoms with Crippen molar-refractivity contribution in [2.45, 2.75) is 0 Å². The first-order valence-electron chi connectivity index (χ1n) is 4.53. The molecule has 0 aliphatic rings. The molecule has 0 saturated carbocycles. The summed E-state index contributed by atoms with van der Waals surface area (Å²) in [7, 11) is 0. The molecule has 2 N–H and O–H groups in total. The number of ketones is 1. The summed E-state index contributed by atoms with van der Waals surface area (Å²) in [4.78, 5) is 12.3. The lowest BCUT2D eigenvalue weighted by Gasteiger charge is -2.04. The predicted molar refractivity (Wildman–Crippen MR) is 63.5 cm³/mol. The van der Waals surface area contributed by atoms with Gasteiger partial charge >= 0.3 is 0 Å². The van der Waals surface area contributed by atoms with Gasteiger partial charge in [0.25, 0.3) is 0 Å². The number of carbonyl (C=O) groups excluding carboxylic acids is 1. The van der Waals surface area contributed by atoms with Crippen LogP contribution < -0.4 is 5.73 Å².